The Bertz CT molecular complexity index is 1670. The second-order valence-electron chi connectivity index (χ2n) is 14.1. The Morgan fingerprint density at radius 3 is 2.28 bits per heavy atom. The average molecular weight is 645 g/mol. The number of fused-ring (bicyclic) bond motifs is 1. The van der Waals surface area contributed by atoms with Crippen LogP contribution in [-0.2, 0) is 23.8 Å². The van der Waals surface area contributed by atoms with Crippen LogP contribution in [0.25, 0.3) is 16.7 Å². The topological polar surface area (TPSA) is 162 Å². The van der Waals surface area contributed by atoms with Crippen LogP contribution >= 0.6 is 0 Å². The van der Waals surface area contributed by atoms with Crippen molar-refractivity contribution in [3.63, 3.8) is 0 Å². The van der Waals surface area contributed by atoms with Gasteiger partial charge in [0, 0.05) is 35.8 Å². The minimum Gasteiger partial charge on any atom is -0.496 e. The molecular weight excluding hydrogens is 588 g/mol. The first kappa shape index (κ1) is 37.3. The molecule has 4 rings (SSSR count). The van der Waals surface area contributed by atoms with Crippen LogP contribution in [0.4, 0.5) is 0 Å². The van der Waals surface area contributed by atoms with Gasteiger partial charge < -0.3 is 32.2 Å². The van der Waals surface area contributed by atoms with Crippen LogP contribution in [0, 0.1) is 6.92 Å². The number of unbranched alkanes of at least 4 members (excludes halogenated alkanes) is 1. The van der Waals surface area contributed by atoms with Crippen LogP contribution in [-0.4, -0.2) is 47.2 Å². The maximum absolute atomic E-state index is 12.5. The Hall–Kier alpha value is -4.15. The maximum Gasteiger partial charge on any atom is 0.354 e. The van der Waals surface area contributed by atoms with Crippen molar-refractivity contribution in [1.82, 2.24) is 19.9 Å². The monoisotopic (exact) mass is 644 g/mol. The van der Waals surface area contributed by atoms with E-state index < -0.39 is 0 Å². The fourth-order valence-electron chi connectivity index (χ4n) is 5.36. The molecule has 2 aromatic heterocycles. The predicted octanol–water partition coefficient (Wildman–Crippen LogP) is 5.35. The summed E-state index contributed by atoms with van der Waals surface area (Å²) in [6.45, 7) is 18.2. The minimum atomic E-state index is -0.301. The number of rotatable bonds is 12. The molecule has 8 N–H and O–H groups in total. The van der Waals surface area contributed by atoms with E-state index in [0.717, 1.165) is 73.4 Å². The zero-order valence-electron chi connectivity index (χ0n) is 29.7. The van der Waals surface area contributed by atoms with Crippen molar-refractivity contribution < 1.29 is 4.74 Å². The number of aromatic nitrogens is 3. The quantitative estimate of drug-likeness (QED) is 0.0789. The molecule has 10 nitrogen and oxygen atoms in total. The fourth-order valence-corrected chi connectivity index (χ4v) is 5.36. The lowest BCUT2D eigenvalue weighted by molar-refractivity contribution is 0.408. The highest BCUT2D eigenvalue weighted by Crippen LogP contribution is 2.33. The van der Waals surface area contributed by atoms with E-state index in [1.54, 1.807) is 11.7 Å². The molecule has 2 heterocycles. The van der Waals surface area contributed by atoms with Crippen molar-refractivity contribution in [2.75, 3.05) is 26.7 Å². The third kappa shape index (κ3) is 11.0. The number of nitrogens with two attached hydrogens (primary N) is 3. The van der Waals surface area contributed by atoms with Gasteiger partial charge in [0.1, 0.15) is 11.4 Å². The zero-order chi connectivity index (χ0) is 34.8. The zero-order valence-corrected chi connectivity index (χ0v) is 29.7. The van der Waals surface area contributed by atoms with Crippen molar-refractivity contribution >= 4 is 17.0 Å². The molecule has 256 valence electrons. The van der Waals surface area contributed by atoms with Gasteiger partial charge >= 0.3 is 5.69 Å². The lowest BCUT2D eigenvalue weighted by atomic mass is 9.82. The standard InChI is InChI=1S/C21H29N7O.C16H27NO/c1-21(2,3)17-11-15-13-28(20(29)27-18(15)26-17)16-7-5-14(6-8-16)12-24-9-4-10-25-19(22)23;1-12-14(16(2,3)4)10-13(8-6-7-9-17)11-15(12)18-5/h5-8,11,13,24H,4,9-10,12H2,1-3H3,(H4,22,23,25)(H,26,27,29);10-11H,6-9,17H2,1-5H3. The summed E-state index contributed by atoms with van der Waals surface area (Å²) in [5.41, 5.74) is 23.6. The molecule has 0 aliphatic heterocycles. The van der Waals surface area contributed by atoms with Crippen molar-refractivity contribution in [2.45, 2.75) is 91.5 Å². The van der Waals surface area contributed by atoms with E-state index in [2.05, 4.69) is 86.9 Å². The van der Waals surface area contributed by atoms with Crippen LogP contribution in [0.1, 0.15) is 88.8 Å². The van der Waals surface area contributed by atoms with Gasteiger partial charge in [0.2, 0.25) is 0 Å². The number of benzene rings is 2. The number of aryl methyl sites for hydroxylation is 1. The van der Waals surface area contributed by atoms with Gasteiger partial charge in [0.25, 0.3) is 0 Å². The van der Waals surface area contributed by atoms with E-state index in [1.807, 2.05) is 30.5 Å². The van der Waals surface area contributed by atoms with E-state index in [-0.39, 0.29) is 22.5 Å². The Morgan fingerprint density at radius 2 is 1.68 bits per heavy atom. The van der Waals surface area contributed by atoms with E-state index in [4.69, 9.17) is 21.9 Å². The number of hydrogen-bond acceptors (Lipinski definition) is 6. The van der Waals surface area contributed by atoms with Crippen molar-refractivity contribution in [1.29, 1.82) is 0 Å². The summed E-state index contributed by atoms with van der Waals surface area (Å²) in [4.78, 5) is 23.9. The molecule has 0 amide bonds. The Balaban J connectivity index is 0.000000287. The molecule has 4 aromatic rings. The van der Waals surface area contributed by atoms with E-state index in [0.29, 0.717) is 12.2 Å². The summed E-state index contributed by atoms with van der Waals surface area (Å²) in [6.07, 6.45) is 6.02. The number of nitrogens with one attached hydrogen (secondary N) is 2. The number of guanidine groups is 1. The molecule has 0 atom stereocenters. The summed E-state index contributed by atoms with van der Waals surface area (Å²) in [5.74, 6) is 1.13. The molecule has 0 unspecified atom stereocenters. The van der Waals surface area contributed by atoms with Crippen LogP contribution in [0.3, 0.4) is 0 Å². The van der Waals surface area contributed by atoms with Gasteiger partial charge in [0.05, 0.1) is 12.8 Å². The first-order valence-corrected chi connectivity index (χ1v) is 16.5. The van der Waals surface area contributed by atoms with Crippen molar-refractivity contribution in [3.8, 4) is 11.4 Å². The molecule has 10 heteroatoms. The summed E-state index contributed by atoms with van der Waals surface area (Å²) < 4.78 is 7.08. The van der Waals surface area contributed by atoms with Crippen molar-refractivity contribution in [3.05, 3.63) is 87.1 Å². The molecule has 47 heavy (non-hydrogen) atoms. The molecular formula is C37H56N8O2. The Kier molecular flexibility index (Phi) is 13.2. The number of aromatic amines is 1. The molecule has 0 radical (unpaired) electrons. The van der Waals surface area contributed by atoms with Gasteiger partial charge in [-0.3, -0.25) is 9.56 Å². The molecule has 0 aliphatic rings. The Labute approximate surface area is 280 Å². The molecule has 0 spiro atoms. The minimum absolute atomic E-state index is 0.0352. The van der Waals surface area contributed by atoms with Crippen LogP contribution in [0.5, 0.6) is 5.75 Å². The van der Waals surface area contributed by atoms with E-state index >= 15 is 0 Å². The first-order chi connectivity index (χ1) is 22.1. The number of nitrogens with zero attached hydrogens (tertiary/aromatic N) is 3. The van der Waals surface area contributed by atoms with Gasteiger partial charge in [-0.2, -0.15) is 4.98 Å². The fraction of sp³-hybridized carbons (Fsp3) is 0.486. The van der Waals surface area contributed by atoms with Gasteiger partial charge in [-0.1, -0.05) is 59.7 Å². The first-order valence-electron chi connectivity index (χ1n) is 16.5. The SMILES string of the molecule is CC(C)(C)c1cc2cn(-c3ccc(CNCCCN=C(N)N)cc3)c(=O)nc2[nH]1.COc1cc(CCCCN)cc(C(C)(C)C)c1C. The number of ether oxygens (including phenoxy) is 1. The second-order valence-corrected chi connectivity index (χ2v) is 14.1. The highest BCUT2D eigenvalue weighted by molar-refractivity contribution is 5.76. The van der Waals surface area contributed by atoms with Gasteiger partial charge in [-0.15, -0.1) is 0 Å². The highest BCUT2D eigenvalue weighted by Gasteiger charge is 2.20. The van der Waals surface area contributed by atoms with Crippen LogP contribution in [0.2, 0.25) is 0 Å². The van der Waals surface area contributed by atoms with Gasteiger partial charge in [0.15, 0.2) is 5.96 Å². The third-order valence-electron chi connectivity index (χ3n) is 8.03. The molecule has 0 fully saturated rings. The van der Waals surface area contributed by atoms with Crippen molar-refractivity contribution in [2.24, 2.45) is 22.2 Å². The molecule has 0 aliphatic carbocycles. The van der Waals surface area contributed by atoms with Crippen LogP contribution in [0.15, 0.2) is 58.4 Å². The van der Waals surface area contributed by atoms with Crippen LogP contribution < -0.4 is 32.9 Å². The normalized spacial score (nSPS) is 11.7. The highest BCUT2D eigenvalue weighted by atomic mass is 16.5. The Morgan fingerprint density at radius 1 is 0.979 bits per heavy atom. The summed E-state index contributed by atoms with van der Waals surface area (Å²) >= 11 is 0. The van der Waals surface area contributed by atoms with E-state index in [1.165, 1.54) is 16.7 Å². The molecule has 2 aromatic carbocycles. The number of aliphatic imine (C=N–C) groups is 1. The number of methoxy groups -OCH3 is 1. The lowest BCUT2D eigenvalue weighted by Gasteiger charge is -2.24. The molecule has 0 saturated heterocycles. The molecule has 0 saturated carbocycles. The number of hydrogen-bond donors (Lipinski definition) is 5. The summed E-state index contributed by atoms with van der Waals surface area (Å²) in [7, 11) is 1.75. The largest absolute Gasteiger partial charge is 0.496 e. The lowest BCUT2D eigenvalue weighted by Crippen LogP contribution is -2.23. The predicted molar refractivity (Wildman–Crippen MR) is 196 cm³/mol. The summed E-state index contributed by atoms with van der Waals surface area (Å²) in [5, 5.41) is 4.27. The van der Waals surface area contributed by atoms with Gasteiger partial charge in [-0.25, -0.2) is 4.79 Å². The molecule has 0 bridgehead atoms. The maximum atomic E-state index is 12.5. The second kappa shape index (κ2) is 16.6. The van der Waals surface area contributed by atoms with E-state index in [9.17, 15) is 4.79 Å². The summed E-state index contributed by atoms with van der Waals surface area (Å²) in [6, 6.07) is 14.4. The smallest absolute Gasteiger partial charge is 0.354 e. The third-order valence-corrected chi connectivity index (χ3v) is 8.03. The average Bonchev–Trinajstić information content (AvgIpc) is 3.43. The van der Waals surface area contributed by atoms with Gasteiger partial charge in [-0.05, 0) is 97.6 Å². The number of H-pyrrole nitrogens is 1.